The molecule has 0 fully saturated rings. The van der Waals surface area contributed by atoms with E-state index >= 15 is 0 Å². The van der Waals surface area contributed by atoms with Gasteiger partial charge in [-0.25, -0.2) is 0 Å². The van der Waals surface area contributed by atoms with Gasteiger partial charge in [0.15, 0.2) is 0 Å². The van der Waals surface area contributed by atoms with Crippen LogP contribution in [0.1, 0.15) is 245 Å². The number of rotatable bonds is 36. The summed E-state index contributed by atoms with van der Waals surface area (Å²) in [5, 5.41) is 0. The summed E-state index contributed by atoms with van der Waals surface area (Å²) in [5.74, 6) is 2.11. The average molecular weight is 1110 g/mol. The van der Waals surface area contributed by atoms with E-state index in [0.29, 0.717) is 0 Å². The number of fused-ring (bicyclic) bond motifs is 2. The van der Waals surface area contributed by atoms with Crippen LogP contribution in [-0.4, -0.2) is 13.2 Å². The van der Waals surface area contributed by atoms with Crippen molar-refractivity contribution in [2.45, 2.75) is 262 Å². The summed E-state index contributed by atoms with van der Waals surface area (Å²) in [6, 6.07) is 27.8. The molecule has 7 rings (SSSR count). The number of allylic oxidation sites excluding steroid dienone is 6. The average Bonchev–Trinajstić information content (AvgIpc) is 3.46. The molecule has 0 aliphatic heterocycles. The maximum atomic E-state index is 5.97. The first-order valence-corrected chi connectivity index (χ1v) is 33.0. The Hall–Kier alpha value is -5.34. The minimum atomic E-state index is 0.841. The Morgan fingerprint density at radius 3 is 0.854 bits per heavy atom. The fourth-order valence-electron chi connectivity index (χ4n) is 11.8. The number of aryl methyl sites for hydroxylation is 16. The van der Waals surface area contributed by atoms with Crippen LogP contribution in [0.2, 0.25) is 0 Å². The molecule has 446 valence electrons. The van der Waals surface area contributed by atoms with Gasteiger partial charge in [-0.05, 0) is 349 Å². The predicted octanol–water partition coefficient (Wildman–Crippen LogP) is 22.6. The zero-order chi connectivity index (χ0) is 58.9. The van der Waals surface area contributed by atoms with Gasteiger partial charge in [0, 0.05) is 0 Å². The molecule has 5 aromatic rings. The Kier molecular flexibility index (Phi) is 31.7. The molecule has 0 bridgehead atoms. The molecular weight excluding hydrogens is 993 g/mol. The van der Waals surface area contributed by atoms with Gasteiger partial charge in [-0.1, -0.05) is 110 Å². The highest BCUT2D eigenvalue weighted by Gasteiger charge is 2.15. The Bertz CT molecular complexity index is 2560. The van der Waals surface area contributed by atoms with Crippen molar-refractivity contribution in [2.24, 2.45) is 0 Å². The lowest BCUT2D eigenvalue weighted by molar-refractivity contribution is 0.304. The van der Waals surface area contributed by atoms with E-state index in [-0.39, 0.29) is 0 Å². The molecule has 0 aromatic heterocycles. The molecule has 82 heavy (non-hydrogen) atoms. The molecule has 0 spiro atoms. The third kappa shape index (κ3) is 25.3. The molecule has 0 amide bonds. The van der Waals surface area contributed by atoms with Crippen molar-refractivity contribution in [2.75, 3.05) is 13.2 Å². The molecule has 2 aliphatic carbocycles. The number of hydrogen-bond donors (Lipinski definition) is 0. The molecule has 0 saturated carbocycles. The normalized spacial score (nSPS) is 11.8. The molecule has 2 aliphatic rings. The van der Waals surface area contributed by atoms with Gasteiger partial charge in [-0.2, -0.15) is 0 Å². The summed E-state index contributed by atoms with van der Waals surface area (Å²) in [4.78, 5) is 0. The Morgan fingerprint density at radius 1 is 0.329 bits per heavy atom. The smallest absolute Gasteiger partial charge is 0.119 e. The second kappa shape index (κ2) is 38.5. The largest absolute Gasteiger partial charge is 0.494 e. The Balaban J connectivity index is 0.000000242. The van der Waals surface area contributed by atoms with Crippen molar-refractivity contribution in [1.29, 1.82) is 0 Å². The highest BCUT2D eigenvalue weighted by molar-refractivity contribution is 5.43. The molecule has 2 nitrogen and oxygen atoms in total. The third-order valence-corrected chi connectivity index (χ3v) is 17.4. The van der Waals surface area contributed by atoms with Gasteiger partial charge in [-0.3, -0.25) is 0 Å². The van der Waals surface area contributed by atoms with E-state index in [1.807, 2.05) is 12.2 Å². The summed E-state index contributed by atoms with van der Waals surface area (Å²) < 4.78 is 11.9. The molecule has 2 heteroatoms. The van der Waals surface area contributed by atoms with Crippen LogP contribution < -0.4 is 9.47 Å². The maximum absolute atomic E-state index is 5.97. The quantitative estimate of drug-likeness (QED) is 0.0294. The van der Waals surface area contributed by atoms with Crippen LogP contribution in [0.5, 0.6) is 11.5 Å². The first-order valence-electron chi connectivity index (χ1n) is 33.0. The molecule has 0 radical (unpaired) electrons. The lowest BCUT2D eigenvalue weighted by Gasteiger charge is -2.19. The van der Waals surface area contributed by atoms with E-state index in [1.54, 1.807) is 11.1 Å². The number of benzene rings is 5. The third-order valence-electron chi connectivity index (χ3n) is 17.4. The fraction of sp³-hybridized carbons (Fsp3) is 0.525. The van der Waals surface area contributed by atoms with E-state index in [9.17, 15) is 0 Å². The summed E-state index contributed by atoms with van der Waals surface area (Å²) in [7, 11) is 0. The van der Waals surface area contributed by atoms with Crippen molar-refractivity contribution in [3.8, 4) is 11.5 Å². The van der Waals surface area contributed by atoms with Crippen LogP contribution in [0.15, 0.2) is 121 Å². The van der Waals surface area contributed by atoms with Gasteiger partial charge >= 0.3 is 0 Å². The van der Waals surface area contributed by atoms with Crippen LogP contribution in [0, 0.1) is 41.5 Å². The number of ether oxygens (including phenoxy) is 2. The second-order valence-corrected chi connectivity index (χ2v) is 25.1. The van der Waals surface area contributed by atoms with Crippen LogP contribution in [0.25, 0.3) is 0 Å². The first kappa shape index (κ1) is 67.5. The van der Waals surface area contributed by atoms with Crippen molar-refractivity contribution in [3.05, 3.63) is 210 Å². The van der Waals surface area contributed by atoms with E-state index < -0.39 is 0 Å². The van der Waals surface area contributed by atoms with E-state index in [1.165, 1.54) is 256 Å². The van der Waals surface area contributed by atoms with Crippen LogP contribution in [0.4, 0.5) is 0 Å². The predicted molar refractivity (Wildman–Crippen MR) is 360 cm³/mol. The summed E-state index contributed by atoms with van der Waals surface area (Å²) in [6.45, 7) is 31.7. The lowest BCUT2D eigenvalue weighted by Crippen LogP contribution is -2.08. The Labute approximate surface area is 503 Å². The zero-order valence-corrected chi connectivity index (χ0v) is 54.1. The second-order valence-electron chi connectivity index (χ2n) is 25.1. The van der Waals surface area contributed by atoms with E-state index in [0.717, 1.165) is 50.4 Å². The monoisotopic (exact) mass is 1110 g/mol. The molecule has 0 heterocycles. The molecular formula is C80H114O2. The van der Waals surface area contributed by atoms with Crippen LogP contribution >= 0.6 is 0 Å². The molecule has 0 unspecified atom stereocenters. The van der Waals surface area contributed by atoms with Crippen molar-refractivity contribution < 1.29 is 9.47 Å². The summed E-state index contributed by atoms with van der Waals surface area (Å²) in [5.41, 5.74) is 27.0. The van der Waals surface area contributed by atoms with Gasteiger partial charge in [0.2, 0.25) is 0 Å². The van der Waals surface area contributed by atoms with Crippen molar-refractivity contribution >= 4 is 0 Å². The highest BCUT2D eigenvalue weighted by atomic mass is 16.5. The minimum absolute atomic E-state index is 0.841. The van der Waals surface area contributed by atoms with Gasteiger partial charge in [0.1, 0.15) is 11.5 Å². The van der Waals surface area contributed by atoms with E-state index in [4.69, 9.17) is 9.47 Å². The minimum Gasteiger partial charge on any atom is -0.494 e. The topological polar surface area (TPSA) is 18.5 Å². The SMILES string of the molecule is C=CCCCCc1cc(C)c(CCCCC=C)cc1C.CC(C)=CCCCCc1cc(C)c(CCCCC=C(C)C)cc1C.Cc1cc(CCCCCCOc2ccc3c(c2)CC3)c(C)cc1CCCCCCOc1ccc2c(c1)CC2. The number of unbranched alkanes of at least 4 members (excludes halogenated alkanes) is 14. The van der Waals surface area contributed by atoms with Crippen molar-refractivity contribution in [3.63, 3.8) is 0 Å². The maximum Gasteiger partial charge on any atom is 0.119 e. The van der Waals surface area contributed by atoms with Crippen LogP contribution in [0.3, 0.4) is 0 Å². The molecule has 5 aromatic carbocycles. The Morgan fingerprint density at radius 2 is 0.598 bits per heavy atom. The van der Waals surface area contributed by atoms with Crippen LogP contribution in [-0.2, 0) is 64.2 Å². The number of hydrogen-bond acceptors (Lipinski definition) is 2. The van der Waals surface area contributed by atoms with Gasteiger partial charge < -0.3 is 9.47 Å². The lowest BCUT2D eigenvalue weighted by atomic mass is 9.89. The molecule has 0 N–H and O–H groups in total. The summed E-state index contributed by atoms with van der Waals surface area (Å²) >= 11 is 0. The van der Waals surface area contributed by atoms with Gasteiger partial charge in [0.25, 0.3) is 0 Å². The van der Waals surface area contributed by atoms with E-state index in [2.05, 4.69) is 167 Å². The molecule has 0 saturated heterocycles. The zero-order valence-electron chi connectivity index (χ0n) is 54.1. The van der Waals surface area contributed by atoms with Crippen molar-refractivity contribution in [1.82, 2.24) is 0 Å². The first-order chi connectivity index (χ1) is 39.7. The highest BCUT2D eigenvalue weighted by Crippen LogP contribution is 2.29. The van der Waals surface area contributed by atoms with Gasteiger partial charge in [0.05, 0.1) is 13.2 Å². The molecule has 0 atom stereocenters. The fourth-order valence-corrected chi connectivity index (χ4v) is 11.8. The standard InChI is InChI=1S/C36H46O2.C24H38.C20H30/c1-27-23-32(12-8-4-6-10-22-38-36-20-18-30-14-16-34(30)26-36)28(2)24-31(27)11-7-3-5-9-21-37-35-19-17-29-13-15-33(29)25-35;1-19(2)13-9-7-11-15-23-17-22(6)24(18-21(23)5)16-12-8-10-14-20(3)4;1-5-7-9-11-13-19-15-18(4)20(16-17(19)3)14-12-10-8-6-2/h17-20,23-26H,3-16,21-22H2,1-2H3;13-14,17-18H,7-12,15-16H2,1-6H3;5-6,15-16H,1-2,7-14H2,3-4H3. The summed E-state index contributed by atoms with van der Waals surface area (Å²) in [6.07, 6.45) is 45.8. The van der Waals surface area contributed by atoms with Gasteiger partial charge in [-0.15, -0.1) is 13.2 Å².